The fourth-order valence-electron chi connectivity index (χ4n) is 9.08. The molecule has 0 saturated carbocycles. The van der Waals surface area contributed by atoms with Gasteiger partial charge in [0, 0.05) is 59.0 Å². The second-order valence-electron chi connectivity index (χ2n) is 21.2. The number of quaternary nitrogens is 1. The monoisotopic (exact) mass is 1020 g/mol. The first-order valence-corrected chi connectivity index (χ1v) is 27.8. The molecule has 5 heterocycles. The molecule has 5 saturated heterocycles. The van der Waals surface area contributed by atoms with E-state index in [1.54, 1.807) is 0 Å². The van der Waals surface area contributed by atoms with Crippen LogP contribution >= 0.6 is 0 Å². The highest BCUT2D eigenvalue weighted by Gasteiger charge is 2.41. The van der Waals surface area contributed by atoms with Crippen molar-refractivity contribution in [1.29, 1.82) is 0 Å². The van der Waals surface area contributed by atoms with E-state index in [2.05, 4.69) is 113 Å². The molecule has 5 aliphatic rings. The molecule has 5 aliphatic heterocycles. The van der Waals surface area contributed by atoms with Crippen LogP contribution in [-0.4, -0.2) is 244 Å². The minimum absolute atomic E-state index is 0. The molecule has 0 bridgehead atoms. The molecular weight excluding hydrogens is 899 g/mol. The van der Waals surface area contributed by atoms with Gasteiger partial charge in [0.1, 0.15) is 18.8 Å². The highest BCUT2D eigenvalue weighted by Crippen LogP contribution is 2.33. The first-order valence-electron chi connectivity index (χ1n) is 27.8. The number of rotatable bonds is 16. The molecule has 5 rings (SSSR count). The number of carbonyl (C=O) groups is 3. The lowest BCUT2D eigenvalue weighted by Crippen LogP contribution is -2.51. The first-order chi connectivity index (χ1) is 33.1. The third-order valence-electron chi connectivity index (χ3n) is 13.0. The van der Waals surface area contributed by atoms with Crippen LogP contribution in [0.2, 0.25) is 0 Å². The van der Waals surface area contributed by atoms with Crippen LogP contribution in [0.15, 0.2) is 0 Å². The summed E-state index contributed by atoms with van der Waals surface area (Å²) >= 11 is 0. The van der Waals surface area contributed by atoms with Crippen LogP contribution in [0.25, 0.3) is 0 Å². The summed E-state index contributed by atoms with van der Waals surface area (Å²) in [6.07, 6.45) is 11.9. The Morgan fingerprint density at radius 1 is 0.648 bits per heavy atom. The Balaban J connectivity index is -0.000000782. The lowest BCUT2D eigenvalue weighted by Gasteiger charge is -2.42. The standard InChI is InChI=1S/C13H22O5.C9H17NO2.C8H18N2.C7H15NO.C7H15N.C6H16N.C5H13N.CH4/c1-7-8(2)13(18-11(5)15)9(3)17-12(7)6-16-10(4)14;1-3-6-10-7-4-5-8(10)9(11)12-2;1-3-4-10-7-5-9(2)6-8-10;1-2-3-8-4-6-9-7-5-8;1-2-5-8-6-3-4-7-8;1-5-6-7(2,3)4;1-4-5-6(2)3;/h7-9,12-13H,6H2,1-5H3;8H,3-7H2,1-2H3;3-8H2,1-2H3;2-7H2,1H3;2-7H2,1H3;5-6H2,1-4H3;4-5H2,1-3H3;1H4/q;;;;;+1;;. The van der Waals surface area contributed by atoms with Crippen LogP contribution < -0.4 is 0 Å². The summed E-state index contributed by atoms with van der Waals surface area (Å²) in [4.78, 5) is 47.4. The van der Waals surface area contributed by atoms with Crippen molar-refractivity contribution < 1.29 is 42.6 Å². The Morgan fingerprint density at radius 2 is 1.15 bits per heavy atom. The van der Waals surface area contributed by atoms with Gasteiger partial charge in [-0.25, -0.2) is 0 Å². The number of esters is 3. The summed E-state index contributed by atoms with van der Waals surface area (Å²) in [5.74, 6) is -0.356. The van der Waals surface area contributed by atoms with Crippen molar-refractivity contribution in [3.8, 4) is 0 Å². The van der Waals surface area contributed by atoms with Crippen LogP contribution in [0.3, 0.4) is 0 Å². The lowest BCUT2D eigenvalue weighted by molar-refractivity contribution is -0.870. The number of nitrogens with zero attached hydrogens (tertiary/aromatic N) is 7. The Morgan fingerprint density at radius 3 is 1.55 bits per heavy atom. The van der Waals surface area contributed by atoms with E-state index in [1.165, 1.54) is 138 Å². The highest BCUT2D eigenvalue weighted by molar-refractivity contribution is 5.76. The molecule has 0 aromatic heterocycles. The van der Waals surface area contributed by atoms with Gasteiger partial charge in [0.2, 0.25) is 0 Å². The molecule has 426 valence electrons. The van der Waals surface area contributed by atoms with Crippen molar-refractivity contribution in [3.05, 3.63) is 0 Å². The van der Waals surface area contributed by atoms with Crippen molar-refractivity contribution >= 4 is 17.9 Å². The summed E-state index contributed by atoms with van der Waals surface area (Å²) in [6.45, 7) is 42.4. The van der Waals surface area contributed by atoms with Gasteiger partial charge in [-0.05, 0) is 151 Å². The van der Waals surface area contributed by atoms with Gasteiger partial charge < -0.3 is 47.8 Å². The molecular formula is C56H120N7O8+. The topological polar surface area (TPSA) is 117 Å². The van der Waals surface area contributed by atoms with Gasteiger partial charge in [-0.2, -0.15) is 0 Å². The van der Waals surface area contributed by atoms with Crippen molar-refractivity contribution in [1.82, 2.24) is 29.4 Å². The van der Waals surface area contributed by atoms with E-state index in [1.807, 2.05) is 20.8 Å². The van der Waals surface area contributed by atoms with E-state index in [0.29, 0.717) is 0 Å². The average molecular weight is 1020 g/mol. The maximum atomic E-state index is 11.2. The number of piperazine rings is 1. The molecule has 71 heavy (non-hydrogen) atoms. The Labute approximate surface area is 439 Å². The molecule has 6 atom stereocenters. The third kappa shape index (κ3) is 39.2. The van der Waals surface area contributed by atoms with Gasteiger partial charge in [-0.1, -0.05) is 62.8 Å². The normalized spacial score (nSPS) is 23.9. The number of carbonyl (C=O) groups excluding carboxylic acids is 3. The van der Waals surface area contributed by atoms with Crippen LogP contribution in [-0.2, 0) is 38.1 Å². The highest BCUT2D eigenvalue weighted by atomic mass is 16.6. The van der Waals surface area contributed by atoms with Crippen LogP contribution in [0.4, 0.5) is 0 Å². The molecule has 0 aromatic carbocycles. The van der Waals surface area contributed by atoms with Gasteiger partial charge in [-0.15, -0.1) is 0 Å². The SMILES string of the molecule is C.CC(=O)OCC1OC(C)C(OC(C)=O)C(C)C1C.CCCN(C)C.CCCN1CCCC1.CCCN1CCCC1C(=O)OC.CCCN1CCN(C)CC1.CCCN1CCOCC1.CCC[N+](C)(C)C. The zero-order chi connectivity index (χ0) is 53.5. The molecule has 0 aliphatic carbocycles. The molecule has 15 nitrogen and oxygen atoms in total. The summed E-state index contributed by atoms with van der Waals surface area (Å²) in [6, 6.07) is 0.0370. The number of ether oxygens (including phenoxy) is 5. The fraction of sp³-hybridized carbons (Fsp3) is 0.946. The van der Waals surface area contributed by atoms with Crippen LogP contribution in [0.1, 0.15) is 148 Å². The summed E-state index contributed by atoms with van der Waals surface area (Å²) in [5, 5.41) is 0. The summed E-state index contributed by atoms with van der Waals surface area (Å²) in [7, 11) is 14.5. The van der Waals surface area contributed by atoms with Crippen molar-refractivity contribution in [3.63, 3.8) is 0 Å². The van der Waals surface area contributed by atoms with E-state index in [9.17, 15) is 14.4 Å². The molecule has 6 unspecified atom stereocenters. The van der Waals surface area contributed by atoms with Gasteiger partial charge in [0.05, 0.1) is 60.2 Å². The number of hydrogen-bond donors (Lipinski definition) is 0. The fourth-order valence-corrected chi connectivity index (χ4v) is 9.08. The zero-order valence-electron chi connectivity index (χ0n) is 49.2. The predicted molar refractivity (Wildman–Crippen MR) is 298 cm³/mol. The molecule has 15 heteroatoms. The number of morpholine rings is 1. The van der Waals surface area contributed by atoms with Crippen molar-refractivity contribution in [2.24, 2.45) is 11.8 Å². The van der Waals surface area contributed by atoms with E-state index in [-0.39, 0.29) is 68.1 Å². The number of likely N-dealkylation sites (tertiary alicyclic amines) is 2. The predicted octanol–water partition coefficient (Wildman–Crippen LogP) is 8.14. The van der Waals surface area contributed by atoms with Crippen LogP contribution in [0.5, 0.6) is 0 Å². The number of likely N-dealkylation sites (N-methyl/N-ethyl adjacent to an activating group) is 1. The van der Waals surface area contributed by atoms with Gasteiger partial charge in [0.25, 0.3) is 0 Å². The minimum atomic E-state index is -0.312. The maximum Gasteiger partial charge on any atom is 0.323 e. The molecule has 0 N–H and O–H groups in total. The van der Waals surface area contributed by atoms with E-state index >= 15 is 0 Å². The Hall–Kier alpha value is -1.95. The van der Waals surface area contributed by atoms with E-state index in [4.69, 9.17) is 23.7 Å². The van der Waals surface area contributed by atoms with Gasteiger partial charge in [-0.3, -0.25) is 24.2 Å². The van der Waals surface area contributed by atoms with Gasteiger partial charge >= 0.3 is 17.9 Å². The molecule has 0 aromatic rings. The summed E-state index contributed by atoms with van der Waals surface area (Å²) in [5.41, 5.74) is 0. The zero-order valence-corrected chi connectivity index (χ0v) is 49.2. The molecule has 0 amide bonds. The largest absolute Gasteiger partial charge is 0.468 e. The minimum Gasteiger partial charge on any atom is -0.468 e. The molecule has 5 fully saturated rings. The van der Waals surface area contributed by atoms with Crippen molar-refractivity contribution in [2.75, 3.05) is 167 Å². The van der Waals surface area contributed by atoms with E-state index < -0.39 is 0 Å². The molecule has 0 spiro atoms. The van der Waals surface area contributed by atoms with Crippen LogP contribution in [0, 0.1) is 11.8 Å². The second-order valence-corrected chi connectivity index (χ2v) is 21.2. The smallest absolute Gasteiger partial charge is 0.323 e. The molecule has 0 radical (unpaired) electrons. The van der Waals surface area contributed by atoms with Gasteiger partial charge in [0.15, 0.2) is 0 Å². The summed E-state index contributed by atoms with van der Waals surface area (Å²) < 4.78 is 27.1. The second kappa shape index (κ2) is 45.4. The quantitative estimate of drug-likeness (QED) is 0.0842. The number of methoxy groups -OCH3 is 1. The Bertz CT molecular complexity index is 1240. The first kappa shape index (κ1) is 73.3. The Kier molecular flexibility index (Phi) is 46.9. The van der Waals surface area contributed by atoms with E-state index in [0.717, 1.165) is 63.1 Å². The van der Waals surface area contributed by atoms with Crippen molar-refractivity contribution in [2.45, 2.75) is 172 Å². The maximum absolute atomic E-state index is 11.2. The average Bonchev–Trinajstić information content (AvgIpc) is 4.01. The lowest BCUT2D eigenvalue weighted by atomic mass is 9.82. The number of hydrogen-bond acceptors (Lipinski definition) is 14. The third-order valence-corrected chi connectivity index (χ3v) is 13.0.